The Morgan fingerprint density at radius 1 is 1.35 bits per heavy atom. The first kappa shape index (κ1) is 18.3. The average molecular weight is 388 g/mol. The number of aromatic nitrogens is 3. The minimum absolute atomic E-state index is 0.0134. The molecule has 3 aromatic rings. The molecular formula is C18H21N5OS2. The SMILES string of the molecule is CN(C)c1cccc(CNC(=O)CCn2c(-c3cccs3)n[nH]c2=S)c1. The molecule has 0 aliphatic rings. The van der Waals surface area contributed by atoms with Crippen LogP contribution in [-0.2, 0) is 17.9 Å². The van der Waals surface area contributed by atoms with Crippen molar-refractivity contribution in [1.29, 1.82) is 0 Å². The molecule has 3 rings (SSSR count). The summed E-state index contributed by atoms with van der Waals surface area (Å²) < 4.78 is 2.40. The zero-order valence-electron chi connectivity index (χ0n) is 14.7. The summed E-state index contributed by atoms with van der Waals surface area (Å²) in [5.41, 5.74) is 2.19. The van der Waals surface area contributed by atoms with Crippen LogP contribution in [0.3, 0.4) is 0 Å². The maximum Gasteiger partial charge on any atom is 0.222 e. The number of H-pyrrole nitrogens is 1. The van der Waals surface area contributed by atoms with E-state index in [2.05, 4.69) is 21.6 Å². The molecule has 0 atom stereocenters. The molecule has 2 heterocycles. The second-order valence-corrected chi connectivity index (χ2v) is 7.41. The Labute approximate surface area is 161 Å². The van der Waals surface area contributed by atoms with Crippen LogP contribution in [0.25, 0.3) is 10.7 Å². The summed E-state index contributed by atoms with van der Waals surface area (Å²) in [7, 11) is 3.99. The van der Waals surface area contributed by atoms with Crippen LogP contribution >= 0.6 is 23.6 Å². The van der Waals surface area contributed by atoms with Gasteiger partial charge in [0.2, 0.25) is 5.91 Å². The first-order valence-electron chi connectivity index (χ1n) is 8.26. The van der Waals surface area contributed by atoms with Gasteiger partial charge in [0.1, 0.15) is 0 Å². The zero-order valence-corrected chi connectivity index (χ0v) is 16.4. The van der Waals surface area contributed by atoms with Crippen molar-refractivity contribution in [3.05, 3.63) is 52.1 Å². The lowest BCUT2D eigenvalue weighted by atomic mass is 10.2. The van der Waals surface area contributed by atoms with Crippen molar-refractivity contribution in [1.82, 2.24) is 20.1 Å². The normalized spacial score (nSPS) is 10.7. The molecular weight excluding hydrogens is 366 g/mol. The molecule has 0 fully saturated rings. The predicted molar refractivity (Wildman–Crippen MR) is 108 cm³/mol. The van der Waals surface area contributed by atoms with E-state index >= 15 is 0 Å². The van der Waals surface area contributed by atoms with Crippen molar-refractivity contribution in [3.8, 4) is 10.7 Å². The number of anilines is 1. The van der Waals surface area contributed by atoms with Gasteiger partial charge in [-0.25, -0.2) is 0 Å². The van der Waals surface area contributed by atoms with E-state index in [-0.39, 0.29) is 5.91 Å². The van der Waals surface area contributed by atoms with E-state index in [0.29, 0.717) is 24.3 Å². The summed E-state index contributed by atoms with van der Waals surface area (Å²) in [5, 5.41) is 12.0. The van der Waals surface area contributed by atoms with Gasteiger partial charge in [-0.1, -0.05) is 18.2 Å². The smallest absolute Gasteiger partial charge is 0.222 e. The van der Waals surface area contributed by atoms with Gasteiger partial charge in [-0.3, -0.25) is 14.5 Å². The molecule has 1 aromatic carbocycles. The molecule has 0 spiro atoms. The van der Waals surface area contributed by atoms with Gasteiger partial charge in [0, 0.05) is 39.3 Å². The van der Waals surface area contributed by atoms with Gasteiger partial charge in [-0.2, -0.15) is 5.10 Å². The lowest BCUT2D eigenvalue weighted by Crippen LogP contribution is -2.24. The third-order valence-electron chi connectivity index (χ3n) is 3.98. The molecule has 0 saturated heterocycles. The van der Waals surface area contributed by atoms with Crippen LogP contribution in [0.5, 0.6) is 0 Å². The van der Waals surface area contributed by atoms with Crippen molar-refractivity contribution < 1.29 is 4.79 Å². The number of aromatic amines is 1. The first-order valence-corrected chi connectivity index (χ1v) is 9.55. The Morgan fingerprint density at radius 2 is 2.19 bits per heavy atom. The highest BCUT2D eigenvalue weighted by Crippen LogP contribution is 2.22. The van der Waals surface area contributed by atoms with Gasteiger partial charge >= 0.3 is 0 Å². The van der Waals surface area contributed by atoms with Crippen LogP contribution < -0.4 is 10.2 Å². The molecule has 0 aliphatic carbocycles. The number of thiophene rings is 1. The van der Waals surface area contributed by atoms with Gasteiger partial charge < -0.3 is 10.2 Å². The lowest BCUT2D eigenvalue weighted by Gasteiger charge is -2.14. The van der Waals surface area contributed by atoms with E-state index in [1.54, 1.807) is 11.3 Å². The summed E-state index contributed by atoms with van der Waals surface area (Å²) in [5.74, 6) is 0.761. The Hall–Kier alpha value is -2.45. The van der Waals surface area contributed by atoms with E-state index in [9.17, 15) is 4.79 Å². The lowest BCUT2D eigenvalue weighted by molar-refractivity contribution is -0.121. The van der Waals surface area contributed by atoms with E-state index in [1.165, 1.54) is 0 Å². The Bertz CT molecular complexity index is 927. The van der Waals surface area contributed by atoms with Gasteiger partial charge in [0.25, 0.3) is 0 Å². The molecule has 0 radical (unpaired) electrons. The van der Waals surface area contributed by atoms with Crippen molar-refractivity contribution in [2.75, 3.05) is 19.0 Å². The highest BCUT2D eigenvalue weighted by molar-refractivity contribution is 7.71. The largest absolute Gasteiger partial charge is 0.378 e. The molecule has 8 heteroatoms. The molecule has 0 bridgehead atoms. The number of carbonyl (C=O) groups excluding carboxylic acids is 1. The van der Waals surface area contributed by atoms with Crippen LogP contribution in [0.1, 0.15) is 12.0 Å². The number of hydrogen-bond donors (Lipinski definition) is 2. The highest BCUT2D eigenvalue weighted by Gasteiger charge is 2.11. The van der Waals surface area contributed by atoms with Crippen molar-refractivity contribution >= 4 is 35.1 Å². The second kappa shape index (κ2) is 8.29. The van der Waals surface area contributed by atoms with E-state index in [4.69, 9.17) is 12.2 Å². The number of rotatable bonds is 7. The van der Waals surface area contributed by atoms with E-state index in [1.807, 2.05) is 59.3 Å². The monoisotopic (exact) mass is 387 g/mol. The van der Waals surface area contributed by atoms with Crippen LogP contribution in [0.2, 0.25) is 0 Å². The van der Waals surface area contributed by atoms with Crippen LogP contribution in [0.15, 0.2) is 41.8 Å². The summed E-state index contributed by atoms with van der Waals surface area (Å²) in [4.78, 5) is 15.3. The second-order valence-electron chi connectivity index (χ2n) is 6.07. The standard InChI is InChI=1S/C18H21N5OS2/c1-22(2)14-6-3-5-13(11-14)12-19-16(24)8-9-23-17(20-21-18(23)25)15-7-4-10-26-15/h3-7,10-11H,8-9,12H2,1-2H3,(H,19,24)(H,21,25). The summed E-state index contributed by atoms with van der Waals surface area (Å²) in [6, 6.07) is 12.1. The zero-order chi connectivity index (χ0) is 18.5. The molecule has 1 amide bonds. The minimum atomic E-state index is -0.0134. The van der Waals surface area contributed by atoms with Gasteiger partial charge in [0.15, 0.2) is 10.6 Å². The maximum atomic E-state index is 12.2. The number of amides is 1. The average Bonchev–Trinajstić information content (AvgIpc) is 3.28. The molecule has 6 nitrogen and oxygen atoms in total. The highest BCUT2D eigenvalue weighted by atomic mass is 32.1. The summed E-state index contributed by atoms with van der Waals surface area (Å²) >= 11 is 6.89. The molecule has 0 unspecified atom stereocenters. The fraction of sp³-hybridized carbons (Fsp3) is 0.278. The van der Waals surface area contributed by atoms with Crippen molar-refractivity contribution in [2.24, 2.45) is 0 Å². The summed E-state index contributed by atoms with van der Waals surface area (Å²) in [6.07, 6.45) is 0.347. The van der Waals surface area contributed by atoms with E-state index in [0.717, 1.165) is 22.0 Å². The Balaban J connectivity index is 1.58. The van der Waals surface area contributed by atoms with Crippen molar-refractivity contribution in [3.63, 3.8) is 0 Å². The number of carbonyl (C=O) groups is 1. The molecule has 0 aliphatic heterocycles. The molecule has 0 saturated carbocycles. The molecule has 136 valence electrons. The van der Waals surface area contributed by atoms with Gasteiger partial charge in [-0.15, -0.1) is 11.3 Å². The third-order valence-corrected chi connectivity index (χ3v) is 5.16. The van der Waals surface area contributed by atoms with Crippen LogP contribution in [0, 0.1) is 4.77 Å². The fourth-order valence-corrected chi connectivity index (χ4v) is 3.51. The first-order chi connectivity index (χ1) is 12.5. The predicted octanol–water partition coefficient (Wildman–Crippen LogP) is 3.44. The maximum absolute atomic E-state index is 12.2. The summed E-state index contributed by atoms with van der Waals surface area (Å²) in [6.45, 7) is 1.00. The van der Waals surface area contributed by atoms with Gasteiger partial charge in [0.05, 0.1) is 4.88 Å². The number of nitrogens with one attached hydrogen (secondary N) is 2. The minimum Gasteiger partial charge on any atom is -0.378 e. The number of benzene rings is 1. The van der Waals surface area contributed by atoms with E-state index < -0.39 is 0 Å². The Kier molecular flexibility index (Phi) is 5.85. The van der Waals surface area contributed by atoms with Crippen LogP contribution in [-0.4, -0.2) is 34.8 Å². The Morgan fingerprint density at radius 3 is 2.92 bits per heavy atom. The van der Waals surface area contributed by atoms with Crippen molar-refractivity contribution in [2.45, 2.75) is 19.5 Å². The molecule has 2 N–H and O–H groups in total. The fourth-order valence-electron chi connectivity index (χ4n) is 2.57. The van der Waals surface area contributed by atoms with Gasteiger partial charge in [-0.05, 0) is 41.4 Å². The molecule has 26 heavy (non-hydrogen) atoms. The third kappa shape index (κ3) is 4.39. The molecule has 2 aromatic heterocycles. The number of hydrogen-bond acceptors (Lipinski definition) is 5. The van der Waals surface area contributed by atoms with Crippen LogP contribution in [0.4, 0.5) is 5.69 Å². The number of nitrogens with zero attached hydrogens (tertiary/aromatic N) is 3. The topological polar surface area (TPSA) is 66.0 Å². The quantitative estimate of drug-likeness (QED) is 0.610.